The SMILES string of the molecule is CC(CC(=O)O)Cc1nc(-c2coc3ccccc23)no1. The van der Waals surface area contributed by atoms with Crippen LogP contribution in [0.15, 0.2) is 39.5 Å². The van der Waals surface area contributed by atoms with Gasteiger partial charge in [-0.3, -0.25) is 4.79 Å². The van der Waals surface area contributed by atoms with E-state index < -0.39 is 5.97 Å². The molecule has 1 unspecified atom stereocenters. The fourth-order valence-corrected chi connectivity index (χ4v) is 2.27. The van der Waals surface area contributed by atoms with Crippen molar-refractivity contribution < 1.29 is 18.8 Å². The Hall–Kier alpha value is -2.63. The van der Waals surface area contributed by atoms with Gasteiger partial charge in [0.05, 0.1) is 5.56 Å². The van der Waals surface area contributed by atoms with Gasteiger partial charge in [-0.2, -0.15) is 4.98 Å². The summed E-state index contributed by atoms with van der Waals surface area (Å²) >= 11 is 0. The second-order valence-corrected chi connectivity index (χ2v) is 5.06. The van der Waals surface area contributed by atoms with Crippen molar-refractivity contribution in [2.75, 3.05) is 0 Å². The average Bonchev–Trinajstić information content (AvgIpc) is 3.03. The lowest BCUT2D eigenvalue weighted by Gasteiger charge is -2.03. The highest BCUT2D eigenvalue weighted by atomic mass is 16.5. The zero-order valence-electron chi connectivity index (χ0n) is 11.4. The van der Waals surface area contributed by atoms with Crippen molar-refractivity contribution in [3.63, 3.8) is 0 Å². The monoisotopic (exact) mass is 286 g/mol. The van der Waals surface area contributed by atoms with Gasteiger partial charge in [0.25, 0.3) is 0 Å². The first-order valence-corrected chi connectivity index (χ1v) is 6.64. The standard InChI is InChI=1S/C15H14N2O4/c1-9(7-14(18)19)6-13-16-15(17-21-13)11-8-20-12-5-3-2-4-10(11)12/h2-5,8-9H,6-7H2,1H3,(H,18,19). The molecule has 0 radical (unpaired) electrons. The topological polar surface area (TPSA) is 89.4 Å². The van der Waals surface area contributed by atoms with Crippen LogP contribution in [0.5, 0.6) is 0 Å². The molecule has 0 aliphatic heterocycles. The van der Waals surface area contributed by atoms with Gasteiger partial charge in [0.2, 0.25) is 11.7 Å². The number of carboxylic acids is 1. The van der Waals surface area contributed by atoms with Gasteiger partial charge in [-0.05, 0) is 12.0 Å². The first kappa shape index (κ1) is 13.4. The minimum absolute atomic E-state index is 0.0584. The molecule has 0 aliphatic rings. The molecule has 0 saturated heterocycles. The fraction of sp³-hybridized carbons (Fsp3) is 0.267. The second-order valence-electron chi connectivity index (χ2n) is 5.06. The van der Waals surface area contributed by atoms with E-state index in [0.29, 0.717) is 18.1 Å². The van der Waals surface area contributed by atoms with Crippen LogP contribution in [0.4, 0.5) is 0 Å². The molecule has 1 aromatic carbocycles. The lowest BCUT2D eigenvalue weighted by Crippen LogP contribution is -2.07. The third kappa shape index (κ3) is 2.79. The molecule has 0 bridgehead atoms. The van der Waals surface area contributed by atoms with Crippen LogP contribution in [0.3, 0.4) is 0 Å². The Balaban J connectivity index is 1.83. The summed E-state index contributed by atoms with van der Waals surface area (Å²) in [5.41, 5.74) is 1.53. The highest BCUT2D eigenvalue weighted by molar-refractivity contribution is 5.91. The Morgan fingerprint density at radius 1 is 1.38 bits per heavy atom. The number of furan rings is 1. The number of nitrogens with zero attached hydrogens (tertiary/aromatic N) is 2. The first-order chi connectivity index (χ1) is 10.1. The Bertz CT molecular complexity index is 775. The molecule has 0 fully saturated rings. The van der Waals surface area contributed by atoms with Crippen LogP contribution in [0.2, 0.25) is 0 Å². The molecule has 6 heteroatoms. The van der Waals surface area contributed by atoms with E-state index in [2.05, 4.69) is 10.1 Å². The molecule has 3 rings (SSSR count). The number of aliphatic carboxylic acids is 1. The van der Waals surface area contributed by atoms with E-state index in [1.807, 2.05) is 31.2 Å². The van der Waals surface area contributed by atoms with Crippen molar-refractivity contribution in [2.24, 2.45) is 5.92 Å². The molecule has 3 aromatic rings. The van der Waals surface area contributed by atoms with Gasteiger partial charge in [0.1, 0.15) is 11.8 Å². The lowest BCUT2D eigenvalue weighted by atomic mass is 10.0. The summed E-state index contributed by atoms with van der Waals surface area (Å²) < 4.78 is 10.6. The second kappa shape index (κ2) is 5.40. The third-order valence-corrected chi connectivity index (χ3v) is 3.24. The minimum Gasteiger partial charge on any atom is -0.481 e. The molecule has 0 amide bonds. The normalized spacial score (nSPS) is 12.6. The molecular formula is C15H14N2O4. The van der Waals surface area contributed by atoms with Crippen LogP contribution in [0.25, 0.3) is 22.4 Å². The van der Waals surface area contributed by atoms with Crippen LogP contribution >= 0.6 is 0 Å². The average molecular weight is 286 g/mol. The summed E-state index contributed by atoms with van der Waals surface area (Å²) in [6, 6.07) is 7.61. The smallest absolute Gasteiger partial charge is 0.303 e. The number of fused-ring (bicyclic) bond motifs is 1. The zero-order chi connectivity index (χ0) is 14.8. The van der Waals surface area contributed by atoms with Crippen molar-refractivity contribution >= 4 is 16.9 Å². The maximum Gasteiger partial charge on any atom is 0.303 e. The van der Waals surface area contributed by atoms with Crippen LogP contribution in [0.1, 0.15) is 19.2 Å². The number of para-hydroxylation sites is 1. The number of carboxylic acid groups (broad SMARTS) is 1. The quantitative estimate of drug-likeness (QED) is 0.775. The number of carbonyl (C=O) groups is 1. The van der Waals surface area contributed by atoms with Gasteiger partial charge < -0.3 is 14.0 Å². The van der Waals surface area contributed by atoms with Crippen molar-refractivity contribution in [3.8, 4) is 11.4 Å². The maximum absolute atomic E-state index is 10.7. The number of rotatable bonds is 5. The molecule has 21 heavy (non-hydrogen) atoms. The predicted molar refractivity (Wildman–Crippen MR) is 74.6 cm³/mol. The molecule has 2 aromatic heterocycles. The van der Waals surface area contributed by atoms with Gasteiger partial charge in [0, 0.05) is 18.2 Å². The Morgan fingerprint density at radius 3 is 3.00 bits per heavy atom. The molecule has 108 valence electrons. The maximum atomic E-state index is 10.7. The Kier molecular flexibility index (Phi) is 3.43. The van der Waals surface area contributed by atoms with E-state index in [0.717, 1.165) is 16.5 Å². The van der Waals surface area contributed by atoms with Crippen LogP contribution in [-0.4, -0.2) is 21.2 Å². The predicted octanol–water partition coefficient (Wildman–Crippen LogP) is 3.14. The third-order valence-electron chi connectivity index (χ3n) is 3.24. The van der Waals surface area contributed by atoms with E-state index >= 15 is 0 Å². The molecule has 0 spiro atoms. The summed E-state index contributed by atoms with van der Waals surface area (Å²) in [7, 11) is 0. The number of hydrogen-bond donors (Lipinski definition) is 1. The molecular weight excluding hydrogens is 272 g/mol. The van der Waals surface area contributed by atoms with E-state index in [1.54, 1.807) is 6.26 Å². The van der Waals surface area contributed by atoms with Crippen LogP contribution in [0, 0.1) is 5.92 Å². The Morgan fingerprint density at radius 2 is 2.19 bits per heavy atom. The first-order valence-electron chi connectivity index (χ1n) is 6.64. The van der Waals surface area contributed by atoms with Gasteiger partial charge >= 0.3 is 5.97 Å². The van der Waals surface area contributed by atoms with E-state index in [4.69, 9.17) is 14.0 Å². The van der Waals surface area contributed by atoms with Gasteiger partial charge in [-0.25, -0.2) is 0 Å². The number of hydrogen-bond acceptors (Lipinski definition) is 5. The Labute approximate surface area is 120 Å². The lowest BCUT2D eigenvalue weighted by molar-refractivity contribution is -0.137. The summed E-state index contributed by atoms with van der Waals surface area (Å²) in [6.07, 6.45) is 2.11. The molecule has 6 nitrogen and oxygen atoms in total. The largest absolute Gasteiger partial charge is 0.481 e. The van der Waals surface area contributed by atoms with E-state index in [9.17, 15) is 4.79 Å². The molecule has 1 atom stereocenters. The van der Waals surface area contributed by atoms with E-state index in [-0.39, 0.29) is 12.3 Å². The summed E-state index contributed by atoms with van der Waals surface area (Å²) in [6.45, 7) is 1.84. The fourth-order valence-electron chi connectivity index (χ4n) is 2.27. The summed E-state index contributed by atoms with van der Waals surface area (Å²) in [4.78, 5) is 15.0. The van der Waals surface area contributed by atoms with Gasteiger partial charge in [-0.1, -0.05) is 30.3 Å². The molecule has 0 aliphatic carbocycles. The van der Waals surface area contributed by atoms with E-state index in [1.165, 1.54) is 0 Å². The molecule has 0 saturated carbocycles. The highest BCUT2D eigenvalue weighted by Gasteiger charge is 2.17. The van der Waals surface area contributed by atoms with Gasteiger partial charge in [-0.15, -0.1) is 0 Å². The van der Waals surface area contributed by atoms with Crippen LogP contribution in [-0.2, 0) is 11.2 Å². The van der Waals surface area contributed by atoms with Gasteiger partial charge in [0.15, 0.2) is 0 Å². The van der Waals surface area contributed by atoms with Crippen molar-refractivity contribution in [1.29, 1.82) is 0 Å². The summed E-state index contributed by atoms with van der Waals surface area (Å²) in [5, 5.41) is 13.6. The highest BCUT2D eigenvalue weighted by Crippen LogP contribution is 2.28. The summed E-state index contributed by atoms with van der Waals surface area (Å²) in [5.74, 6) is 0.00136. The van der Waals surface area contributed by atoms with Crippen LogP contribution < -0.4 is 0 Å². The molecule has 1 N–H and O–H groups in total. The zero-order valence-corrected chi connectivity index (χ0v) is 11.4. The number of benzene rings is 1. The number of aromatic nitrogens is 2. The van der Waals surface area contributed by atoms with Crippen molar-refractivity contribution in [2.45, 2.75) is 19.8 Å². The minimum atomic E-state index is -0.830. The van der Waals surface area contributed by atoms with Crippen molar-refractivity contribution in [1.82, 2.24) is 10.1 Å². The van der Waals surface area contributed by atoms with Crippen molar-refractivity contribution in [3.05, 3.63) is 36.4 Å². The molecule has 2 heterocycles.